The summed E-state index contributed by atoms with van der Waals surface area (Å²) in [6.07, 6.45) is 7.81. The molecule has 22 heavy (non-hydrogen) atoms. The number of unbranched alkanes of at least 4 members (excludes halogenated alkanes) is 2. The molecule has 0 aromatic heterocycles. The smallest absolute Gasteiger partial charge is 0.232 e. The number of carbonyl (C=O) groups is 1. The van der Waals surface area contributed by atoms with Crippen molar-refractivity contribution < 1.29 is 4.79 Å². The Balaban J connectivity index is 2.72. The molecule has 2 unspecified atom stereocenters. The molecule has 1 aliphatic rings. The number of rotatable bonds is 8. The molecule has 1 heterocycles. The molecule has 1 rings (SSSR count). The molecule has 0 bridgehead atoms. The van der Waals surface area contributed by atoms with Crippen molar-refractivity contribution in [2.24, 2.45) is 17.6 Å². The highest BCUT2D eigenvalue weighted by molar-refractivity contribution is 5.95. The summed E-state index contributed by atoms with van der Waals surface area (Å²) in [6, 6.07) is 0. The summed E-state index contributed by atoms with van der Waals surface area (Å²) in [5.41, 5.74) is 5.50. The Morgan fingerprint density at radius 2 is 2.05 bits per heavy atom. The van der Waals surface area contributed by atoms with Crippen LogP contribution in [0.4, 0.5) is 0 Å². The molecule has 0 spiro atoms. The molecule has 1 saturated heterocycles. The van der Waals surface area contributed by atoms with Crippen molar-refractivity contribution in [3.05, 3.63) is 0 Å². The van der Waals surface area contributed by atoms with Gasteiger partial charge in [-0.3, -0.25) is 15.1 Å². The Bertz CT molecular complexity index is 359. The second kappa shape index (κ2) is 9.82. The van der Waals surface area contributed by atoms with E-state index < -0.39 is 0 Å². The number of nitrogens with one attached hydrogen (secondary N) is 1. The van der Waals surface area contributed by atoms with Crippen molar-refractivity contribution in [1.82, 2.24) is 9.80 Å². The van der Waals surface area contributed by atoms with E-state index in [2.05, 4.69) is 18.7 Å². The topological polar surface area (TPSA) is 73.4 Å². The quantitative estimate of drug-likeness (QED) is 0.535. The number of carbonyl (C=O) groups excluding carboxylic acids is 1. The Morgan fingerprint density at radius 1 is 1.36 bits per heavy atom. The van der Waals surface area contributed by atoms with E-state index in [1.165, 1.54) is 24.2 Å². The van der Waals surface area contributed by atoms with Crippen molar-refractivity contribution >= 4 is 11.9 Å². The van der Waals surface area contributed by atoms with Crippen LogP contribution >= 0.6 is 0 Å². The highest BCUT2D eigenvalue weighted by Crippen LogP contribution is 2.29. The first-order valence-corrected chi connectivity index (χ1v) is 8.85. The molecule has 1 fully saturated rings. The molecule has 0 aromatic rings. The second-order valence-electron chi connectivity index (χ2n) is 6.59. The predicted molar refractivity (Wildman–Crippen MR) is 91.8 cm³/mol. The number of nitrogens with two attached hydrogens (primary N) is 1. The van der Waals surface area contributed by atoms with Crippen LogP contribution in [0.15, 0.2) is 0 Å². The first-order chi connectivity index (χ1) is 10.5. The van der Waals surface area contributed by atoms with E-state index in [4.69, 9.17) is 11.1 Å². The average Bonchev–Trinajstić information content (AvgIpc) is 2.52. The first kappa shape index (κ1) is 18.9. The first-order valence-electron chi connectivity index (χ1n) is 8.85. The normalized spacial score (nSPS) is 20.6. The summed E-state index contributed by atoms with van der Waals surface area (Å²) >= 11 is 0. The van der Waals surface area contributed by atoms with E-state index in [0.29, 0.717) is 5.92 Å². The number of hydrogen-bond acceptors (Lipinski definition) is 3. The molecule has 3 N–H and O–H groups in total. The fraction of sp³-hybridized carbons (Fsp3) is 0.882. The number of hydrogen-bond donors (Lipinski definition) is 2. The molecule has 5 nitrogen and oxygen atoms in total. The van der Waals surface area contributed by atoms with Gasteiger partial charge in [-0.15, -0.1) is 0 Å². The Kier molecular flexibility index (Phi) is 8.46. The number of guanidine groups is 1. The average molecular weight is 310 g/mol. The van der Waals surface area contributed by atoms with E-state index in [-0.39, 0.29) is 17.8 Å². The minimum absolute atomic E-state index is 0.0123. The molecule has 5 heteroatoms. The maximum atomic E-state index is 12.7. The monoisotopic (exact) mass is 310 g/mol. The number of nitrogens with zero attached hydrogens (tertiary/aromatic N) is 2. The maximum absolute atomic E-state index is 12.7. The summed E-state index contributed by atoms with van der Waals surface area (Å²) in [4.78, 5) is 16.5. The third-order valence-corrected chi connectivity index (χ3v) is 4.82. The van der Waals surface area contributed by atoms with Crippen molar-refractivity contribution in [1.29, 1.82) is 5.41 Å². The van der Waals surface area contributed by atoms with Gasteiger partial charge in [0.05, 0.1) is 0 Å². The van der Waals surface area contributed by atoms with Crippen LogP contribution in [-0.4, -0.2) is 48.3 Å². The van der Waals surface area contributed by atoms with Gasteiger partial charge in [0.2, 0.25) is 5.91 Å². The third kappa shape index (κ3) is 5.59. The lowest BCUT2D eigenvalue weighted by Gasteiger charge is -2.37. The molecule has 1 amide bonds. The van der Waals surface area contributed by atoms with Crippen LogP contribution in [0.1, 0.15) is 58.8 Å². The zero-order valence-corrected chi connectivity index (χ0v) is 14.6. The molecular formula is C17H34N4O. The molecule has 2 atom stereocenters. The van der Waals surface area contributed by atoms with E-state index >= 15 is 0 Å². The fourth-order valence-corrected chi connectivity index (χ4v) is 3.36. The van der Waals surface area contributed by atoms with Gasteiger partial charge in [-0.25, -0.2) is 0 Å². The lowest BCUT2D eigenvalue weighted by atomic mass is 9.81. The van der Waals surface area contributed by atoms with Gasteiger partial charge in [0, 0.05) is 19.5 Å². The van der Waals surface area contributed by atoms with Gasteiger partial charge in [-0.1, -0.05) is 33.1 Å². The van der Waals surface area contributed by atoms with Crippen LogP contribution in [0.5, 0.6) is 0 Å². The molecule has 1 aliphatic heterocycles. The fourth-order valence-electron chi connectivity index (χ4n) is 3.36. The van der Waals surface area contributed by atoms with Crippen LogP contribution in [0.2, 0.25) is 0 Å². The lowest BCUT2D eigenvalue weighted by Crippen LogP contribution is -2.47. The SMILES string of the molecule is CCCCC(C(=O)N(C)C(=N)N)C1CCCN(CCCC)C1. The van der Waals surface area contributed by atoms with Crippen LogP contribution in [0.25, 0.3) is 0 Å². The Morgan fingerprint density at radius 3 is 2.64 bits per heavy atom. The Hall–Kier alpha value is -1.10. The summed E-state index contributed by atoms with van der Waals surface area (Å²) < 4.78 is 0. The van der Waals surface area contributed by atoms with E-state index in [1.807, 2.05) is 0 Å². The van der Waals surface area contributed by atoms with Crippen molar-refractivity contribution in [3.8, 4) is 0 Å². The molecule has 0 aromatic carbocycles. The lowest BCUT2D eigenvalue weighted by molar-refractivity contribution is -0.133. The van der Waals surface area contributed by atoms with Crippen molar-refractivity contribution in [2.45, 2.75) is 58.8 Å². The predicted octanol–water partition coefficient (Wildman–Crippen LogP) is 2.66. The van der Waals surface area contributed by atoms with Crippen LogP contribution < -0.4 is 5.73 Å². The second-order valence-corrected chi connectivity index (χ2v) is 6.59. The summed E-state index contributed by atoms with van der Waals surface area (Å²) in [6.45, 7) is 7.70. The molecule has 0 saturated carbocycles. The molecular weight excluding hydrogens is 276 g/mol. The standard InChI is InChI=1S/C17H34N4O/c1-4-6-10-15(16(22)20(3)17(18)19)14-9-8-12-21(13-14)11-7-5-2/h14-15H,4-13H2,1-3H3,(H3,18,19). The maximum Gasteiger partial charge on any atom is 0.232 e. The van der Waals surface area contributed by atoms with Crippen molar-refractivity contribution in [2.75, 3.05) is 26.7 Å². The largest absolute Gasteiger partial charge is 0.370 e. The van der Waals surface area contributed by atoms with Gasteiger partial charge in [-0.05, 0) is 44.7 Å². The summed E-state index contributed by atoms with van der Waals surface area (Å²) in [7, 11) is 1.63. The third-order valence-electron chi connectivity index (χ3n) is 4.82. The van der Waals surface area contributed by atoms with Gasteiger partial charge >= 0.3 is 0 Å². The Labute approximate surface area is 135 Å². The van der Waals surface area contributed by atoms with E-state index in [1.54, 1.807) is 7.05 Å². The van der Waals surface area contributed by atoms with E-state index in [0.717, 1.165) is 45.3 Å². The molecule has 0 aliphatic carbocycles. The minimum atomic E-state index is -0.148. The van der Waals surface area contributed by atoms with Gasteiger partial charge in [-0.2, -0.15) is 0 Å². The highest BCUT2D eigenvalue weighted by atomic mass is 16.2. The highest BCUT2D eigenvalue weighted by Gasteiger charge is 2.33. The van der Waals surface area contributed by atoms with Crippen LogP contribution in [-0.2, 0) is 4.79 Å². The molecule has 128 valence electrons. The van der Waals surface area contributed by atoms with Gasteiger partial charge in [0.15, 0.2) is 5.96 Å². The zero-order chi connectivity index (χ0) is 16.5. The number of piperidine rings is 1. The summed E-state index contributed by atoms with van der Waals surface area (Å²) in [5.74, 6) is 0.304. The summed E-state index contributed by atoms with van der Waals surface area (Å²) in [5, 5.41) is 7.52. The van der Waals surface area contributed by atoms with Gasteiger partial charge in [0.25, 0.3) is 0 Å². The van der Waals surface area contributed by atoms with Crippen LogP contribution in [0, 0.1) is 17.2 Å². The van der Waals surface area contributed by atoms with Gasteiger partial charge < -0.3 is 10.6 Å². The van der Waals surface area contributed by atoms with Crippen molar-refractivity contribution in [3.63, 3.8) is 0 Å². The minimum Gasteiger partial charge on any atom is -0.370 e. The number of amides is 1. The van der Waals surface area contributed by atoms with Crippen LogP contribution in [0.3, 0.4) is 0 Å². The number of likely N-dealkylation sites (tertiary alicyclic amines) is 1. The van der Waals surface area contributed by atoms with Gasteiger partial charge in [0.1, 0.15) is 0 Å². The zero-order valence-electron chi connectivity index (χ0n) is 14.6. The van der Waals surface area contributed by atoms with E-state index in [9.17, 15) is 4.79 Å². The molecule has 0 radical (unpaired) electrons.